The first kappa shape index (κ1) is 20.3. The van der Waals surface area contributed by atoms with Crippen molar-refractivity contribution in [1.29, 1.82) is 0 Å². The zero-order valence-corrected chi connectivity index (χ0v) is 18.0. The van der Waals surface area contributed by atoms with Gasteiger partial charge in [-0.1, -0.05) is 53.6 Å². The van der Waals surface area contributed by atoms with Crippen LogP contribution in [0.4, 0.5) is 0 Å². The Kier molecular flexibility index (Phi) is 5.97. The molecule has 2 aromatic carbocycles. The average Bonchev–Trinajstić information content (AvgIpc) is 3.18. The molecule has 30 heavy (non-hydrogen) atoms. The molecule has 0 radical (unpaired) electrons. The first-order valence-electron chi connectivity index (χ1n) is 9.56. The highest BCUT2D eigenvalue weighted by Crippen LogP contribution is 2.30. The van der Waals surface area contributed by atoms with Crippen LogP contribution in [-0.4, -0.2) is 15.5 Å². The average molecular weight is 438 g/mol. The molecule has 0 atom stereocenters. The summed E-state index contributed by atoms with van der Waals surface area (Å²) in [5.41, 5.74) is 3.88. The molecule has 0 spiro atoms. The van der Waals surface area contributed by atoms with Gasteiger partial charge >= 0.3 is 0 Å². The predicted octanol–water partition coefficient (Wildman–Crippen LogP) is 4.79. The van der Waals surface area contributed by atoms with Crippen molar-refractivity contribution in [3.8, 4) is 11.1 Å². The van der Waals surface area contributed by atoms with Crippen LogP contribution >= 0.6 is 22.9 Å². The summed E-state index contributed by atoms with van der Waals surface area (Å²) in [6, 6.07) is 15.4. The maximum atomic E-state index is 13.1. The van der Waals surface area contributed by atoms with Gasteiger partial charge in [0.2, 0.25) is 5.91 Å². The lowest BCUT2D eigenvalue weighted by molar-refractivity contribution is -0.121. The Morgan fingerprint density at radius 3 is 2.60 bits per heavy atom. The molecule has 1 N–H and O–H groups in total. The van der Waals surface area contributed by atoms with E-state index in [4.69, 9.17) is 11.6 Å². The lowest BCUT2D eigenvalue weighted by atomic mass is 10.1. The van der Waals surface area contributed by atoms with Gasteiger partial charge in [0.15, 0.2) is 0 Å². The molecule has 152 valence electrons. The third-order valence-corrected chi connectivity index (χ3v) is 6.04. The fourth-order valence-corrected chi connectivity index (χ4v) is 4.22. The van der Waals surface area contributed by atoms with Crippen molar-refractivity contribution >= 4 is 39.1 Å². The van der Waals surface area contributed by atoms with Gasteiger partial charge in [0.25, 0.3) is 5.56 Å². The lowest BCUT2D eigenvalue weighted by Gasteiger charge is -2.08. The van der Waals surface area contributed by atoms with Gasteiger partial charge in [-0.05, 0) is 30.2 Å². The summed E-state index contributed by atoms with van der Waals surface area (Å²) in [7, 11) is 0. The van der Waals surface area contributed by atoms with Crippen molar-refractivity contribution in [3.05, 3.63) is 86.7 Å². The molecule has 0 bridgehead atoms. The van der Waals surface area contributed by atoms with Crippen LogP contribution in [0, 0.1) is 6.92 Å². The molecule has 1 amide bonds. The van der Waals surface area contributed by atoms with E-state index in [9.17, 15) is 9.59 Å². The summed E-state index contributed by atoms with van der Waals surface area (Å²) in [5.74, 6) is -0.124. The molecule has 0 saturated heterocycles. The van der Waals surface area contributed by atoms with E-state index in [0.29, 0.717) is 21.8 Å². The van der Waals surface area contributed by atoms with E-state index in [1.807, 2.05) is 48.7 Å². The summed E-state index contributed by atoms with van der Waals surface area (Å²) < 4.78 is 1.51. The number of nitrogens with one attached hydrogen (secondary N) is 1. The van der Waals surface area contributed by atoms with E-state index < -0.39 is 0 Å². The highest BCUT2D eigenvalue weighted by Gasteiger charge is 2.14. The van der Waals surface area contributed by atoms with Crippen molar-refractivity contribution in [3.63, 3.8) is 0 Å². The van der Waals surface area contributed by atoms with Gasteiger partial charge in [-0.15, -0.1) is 11.3 Å². The number of halogens is 1. The molecule has 0 aliphatic heterocycles. The van der Waals surface area contributed by atoms with E-state index >= 15 is 0 Å². The Hall–Kier alpha value is -2.96. The number of thiophene rings is 1. The number of rotatable bonds is 6. The number of aryl methyl sites for hydroxylation is 2. The second-order valence-corrected chi connectivity index (χ2v) is 8.39. The first-order valence-corrected chi connectivity index (χ1v) is 10.8. The van der Waals surface area contributed by atoms with Crippen LogP contribution in [0.25, 0.3) is 21.3 Å². The van der Waals surface area contributed by atoms with Crippen LogP contribution in [0.3, 0.4) is 0 Å². The van der Waals surface area contributed by atoms with Crippen molar-refractivity contribution in [2.24, 2.45) is 0 Å². The van der Waals surface area contributed by atoms with Crippen molar-refractivity contribution < 1.29 is 4.79 Å². The van der Waals surface area contributed by atoms with Gasteiger partial charge < -0.3 is 5.32 Å². The van der Waals surface area contributed by atoms with Gasteiger partial charge in [-0.3, -0.25) is 14.2 Å². The minimum Gasteiger partial charge on any atom is -0.352 e. The maximum Gasteiger partial charge on any atom is 0.262 e. The molecule has 4 rings (SSSR count). The summed E-state index contributed by atoms with van der Waals surface area (Å²) in [4.78, 5) is 30.4. The number of carbonyl (C=O) groups is 1. The quantitative estimate of drug-likeness (QED) is 0.471. The molecule has 2 heterocycles. The monoisotopic (exact) mass is 437 g/mol. The maximum absolute atomic E-state index is 13.1. The second kappa shape index (κ2) is 8.81. The standard InChI is InChI=1S/C23H20ClN3O2S/c1-15-2-6-17(7-3-15)19-13-30-22-21(19)23(29)27(14-26-22)11-10-20(28)25-12-16-4-8-18(24)9-5-16/h2-9,13-14H,10-12H2,1H3,(H,25,28). The van der Waals surface area contributed by atoms with E-state index in [1.54, 1.807) is 12.1 Å². The number of fused-ring (bicyclic) bond motifs is 1. The van der Waals surface area contributed by atoms with Gasteiger partial charge in [-0.25, -0.2) is 4.98 Å². The Labute approximate surface area is 183 Å². The highest BCUT2D eigenvalue weighted by atomic mass is 35.5. The summed E-state index contributed by atoms with van der Waals surface area (Å²) in [6.45, 7) is 2.73. The normalized spacial score (nSPS) is 11.0. The molecular weight excluding hydrogens is 418 g/mol. The van der Waals surface area contributed by atoms with Crippen molar-refractivity contribution in [2.45, 2.75) is 26.4 Å². The molecule has 0 aliphatic rings. The molecule has 5 nitrogen and oxygen atoms in total. The third kappa shape index (κ3) is 4.45. The van der Waals surface area contributed by atoms with Crippen LogP contribution in [-0.2, 0) is 17.9 Å². The van der Waals surface area contributed by atoms with Crippen LogP contribution in [0.2, 0.25) is 5.02 Å². The number of amides is 1. The van der Waals surface area contributed by atoms with Gasteiger partial charge in [0.05, 0.1) is 11.7 Å². The van der Waals surface area contributed by atoms with Gasteiger partial charge in [0.1, 0.15) is 4.83 Å². The summed E-state index contributed by atoms with van der Waals surface area (Å²) >= 11 is 7.33. The predicted molar refractivity (Wildman–Crippen MR) is 122 cm³/mol. The van der Waals surface area contributed by atoms with Crippen LogP contribution in [0.15, 0.2) is 65.0 Å². The number of nitrogens with zero attached hydrogens (tertiary/aromatic N) is 2. The fourth-order valence-electron chi connectivity index (χ4n) is 3.19. The number of aromatic nitrogens is 2. The molecule has 0 aliphatic carbocycles. The zero-order chi connectivity index (χ0) is 21.1. The van der Waals surface area contributed by atoms with Crippen molar-refractivity contribution in [1.82, 2.24) is 14.9 Å². The van der Waals surface area contributed by atoms with Gasteiger partial charge in [-0.2, -0.15) is 0 Å². The fraction of sp³-hybridized carbons (Fsp3) is 0.174. The van der Waals surface area contributed by atoms with E-state index in [2.05, 4.69) is 10.3 Å². The molecular formula is C23H20ClN3O2S. The SMILES string of the molecule is Cc1ccc(-c2csc3ncn(CCC(=O)NCc4ccc(Cl)cc4)c(=O)c23)cc1. The largest absolute Gasteiger partial charge is 0.352 e. The first-order chi connectivity index (χ1) is 14.5. The molecule has 2 aromatic heterocycles. The van der Waals surface area contributed by atoms with Crippen LogP contribution in [0.1, 0.15) is 17.5 Å². The lowest BCUT2D eigenvalue weighted by Crippen LogP contribution is -2.27. The Balaban J connectivity index is 1.48. The van der Waals surface area contributed by atoms with Crippen LogP contribution in [0.5, 0.6) is 0 Å². The Morgan fingerprint density at radius 2 is 1.87 bits per heavy atom. The van der Waals surface area contributed by atoms with E-state index in [1.165, 1.54) is 27.8 Å². The van der Waals surface area contributed by atoms with E-state index in [-0.39, 0.29) is 24.4 Å². The number of benzene rings is 2. The molecule has 0 unspecified atom stereocenters. The minimum absolute atomic E-state index is 0.123. The Bertz CT molecular complexity index is 1240. The minimum atomic E-state index is -0.124. The second-order valence-electron chi connectivity index (χ2n) is 7.09. The highest BCUT2D eigenvalue weighted by molar-refractivity contribution is 7.17. The van der Waals surface area contributed by atoms with Crippen LogP contribution < -0.4 is 10.9 Å². The van der Waals surface area contributed by atoms with Gasteiger partial charge in [0, 0.05) is 35.5 Å². The smallest absolute Gasteiger partial charge is 0.262 e. The summed E-state index contributed by atoms with van der Waals surface area (Å²) in [5, 5.41) is 6.09. The molecule has 0 fully saturated rings. The molecule has 7 heteroatoms. The summed E-state index contributed by atoms with van der Waals surface area (Å²) in [6.07, 6.45) is 1.72. The van der Waals surface area contributed by atoms with Crippen molar-refractivity contribution in [2.75, 3.05) is 0 Å². The number of carbonyl (C=O) groups excluding carboxylic acids is 1. The third-order valence-electron chi connectivity index (χ3n) is 4.91. The number of hydrogen-bond acceptors (Lipinski definition) is 4. The molecule has 4 aromatic rings. The Morgan fingerprint density at radius 1 is 1.13 bits per heavy atom. The molecule has 0 saturated carbocycles. The van der Waals surface area contributed by atoms with E-state index in [0.717, 1.165) is 16.7 Å². The zero-order valence-electron chi connectivity index (χ0n) is 16.4. The topological polar surface area (TPSA) is 64.0 Å². The number of hydrogen-bond donors (Lipinski definition) is 1.